The van der Waals surface area contributed by atoms with Crippen molar-refractivity contribution >= 4 is 29.2 Å². The summed E-state index contributed by atoms with van der Waals surface area (Å²) in [5.41, 5.74) is 1.27. The van der Waals surface area contributed by atoms with E-state index in [1.54, 1.807) is 0 Å². The Morgan fingerprint density at radius 3 is 2.46 bits per heavy atom. The number of nitrogens with one attached hydrogen (secondary N) is 4. The largest absolute Gasteiger partial charge is 0.376 e. The molecule has 1 saturated carbocycles. The van der Waals surface area contributed by atoms with Crippen LogP contribution in [-0.2, 0) is 16.0 Å². The van der Waals surface area contributed by atoms with Gasteiger partial charge in [-0.05, 0) is 36.6 Å². The second kappa shape index (κ2) is 8.98. The summed E-state index contributed by atoms with van der Waals surface area (Å²) in [4.78, 5) is 35.4. The summed E-state index contributed by atoms with van der Waals surface area (Å²) < 4.78 is 14.0. The van der Waals surface area contributed by atoms with E-state index in [4.69, 9.17) is 0 Å². The molecule has 0 bridgehead atoms. The third-order valence-electron chi connectivity index (χ3n) is 4.07. The molecule has 0 unspecified atom stereocenters. The van der Waals surface area contributed by atoms with Gasteiger partial charge in [0.15, 0.2) is 0 Å². The molecule has 0 aliphatic heterocycles. The minimum Gasteiger partial charge on any atom is -0.376 e. The standard InChI is InChI=1S/C20H21FN4O3/c21-16-9-8-15(22-12-19(27)25-20(28)23-14-6-7-14)11-17(16)24-18(26)10-13-4-2-1-3-5-13/h1-5,8-9,11,14,22H,6-7,10,12H2,(H,24,26)(H2,23,25,27,28). The Balaban J connectivity index is 1.51. The van der Waals surface area contributed by atoms with Crippen molar-refractivity contribution in [1.29, 1.82) is 0 Å². The number of hydrogen-bond acceptors (Lipinski definition) is 4. The van der Waals surface area contributed by atoms with Crippen molar-refractivity contribution < 1.29 is 18.8 Å². The Labute approximate surface area is 161 Å². The molecule has 28 heavy (non-hydrogen) atoms. The Morgan fingerprint density at radius 1 is 1.00 bits per heavy atom. The number of anilines is 2. The molecule has 1 aliphatic rings. The van der Waals surface area contributed by atoms with Crippen LogP contribution in [0.3, 0.4) is 0 Å². The van der Waals surface area contributed by atoms with Crippen LogP contribution < -0.4 is 21.3 Å². The maximum atomic E-state index is 14.0. The zero-order valence-electron chi connectivity index (χ0n) is 15.1. The summed E-state index contributed by atoms with van der Waals surface area (Å²) in [6.45, 7) is -0.166. The number of rotatable bonds is 7. The van der Waals surface area contributed by atoms with Crippen LogP contribution in [-0.4, -0.2) is 30.4 Å². The van der Waals surface area contributed by atoms with Gasteiger partial charge in [0.05, 0.1) is 18.7 Å². The first kappa shape index (κ1) is 19.3. The topological polar surface area (TPSA) is 99.3 Å². The fraction of sp³-hybridized carbons (Fsp3) is 0.250. The second-order valence-electron chi connectivity index (χ2n) is 6.55. The molecule has 1 fully saturated rings. The molecule has 2 aromatic rings. The molecule has 2 aromatic carbocycles. The number of halogens is 1. The van der Waals surface area contributed by atoms with Crippen LogP contribution in [0.25, 0.3) is 0 Å². The summed E-state index contributed by atoms with van der Waals surface area (Å²) in [6.07, 6.45) is 1.97. The first-order valence-electron chi connectivity index (χ1n) is 8.97. The molecule has 4 N–H and O–H groups in total. The van der Waals surface area contributed by atoms with Crippen LogP contribution in [0.5, 0.6) is 0 Å². The quantitative estimate of drug-likeness (QED) is 0.589. The van der Waals surface area contributed by atoms with Gasteiger partial charge in [0.1, 0.15) is 5.82 Å². The van der Waals surface area contributed by atoms with E-state index < -0.39 is 17.8 Å². The van der Waals surface area contributed by atoms with Gasteiger partial charge in [-0.15, -0.1) is 0 Å². The highest BCUT2D eigenvalue weighted by molar-refractivity contribution is 5.96. The predicted molar refractivity (Wildman–Crippen MR) is 103 cm³/mol. The Kier molecular flexibility index (Phi) is 6.21. The van der Waals surface area contributed by atoms with Gasteiger partial charge in [-0.25, -0.2) is 9.18 Å². The van der Waals surface area contributed by atoms with Gasteiger partial charge in [-0.1, -0.05) is 30.3 Å². The smallest absolute Gasteiger partial charge is 0.321 e. The molecule has 0 saturated heterocycles. The Hall–Kier alpha value is -3.42. The number of carbonyl (C=O) groups is 3. The lowest BCUT2D eigenvalue weighted by Gasteiger charge is -2.11. The van der Waals surface area contributed by atoms with Crippen molar-refractivity contribution in [2.24, 2.45) is 0 Å². The van der Waals surface area contributed by atoms with Gasteiger partial charge >= 0.3 is 6.03 Å². The number of benzene rings is 2. The van der Waals surface area contributed by atoms with Gasteiger partial charge in [0.2, 0.25) is 11.8 Å². The Bertz CT molecular complexity index is 869. The predicted octanol–water partition coefficient (Wildman–Crippen LogP) is 2.41. The van der Waals surface area contributed by atoms with Gasteiger partial charge in [0, 0.05) is 11.7 Å². The molecule has 0 heterocycles. The molecule has 146 valence electrons. The summed E-state index contributed by atoms with van der Waals surface area (Å²) in [7, 11) is 0. The summed E-state index contributed by atoms with van der Waals surface area (Å²) in [5, 5.41) is 10.2. The van der Waals surface area contributed by atoms with Gasteiger partial charge in [-0.3, -0.25) is 14.9 Å². The normalized spacial score (nSPS) is 12.8. The first-order valence-corrected chi connectivity index (χ1v) is 8.97. The molecule has 1 aliphatic carbocycles. The third kappa shape index (κ3) is 6.08. The number of amides is 4. The zero-order chi connectivity index (χ0) is 19.9. The fourth-order valence-corrected chi connectivity index (χ4v) is 2.51. The molecular weight excluding hydrogens is 363 g/mol. The average molecular weight is 384 g/mol. The molecule has 0 aromatic heterocycles. The van der Waals surface area contributed by atoms with Crippen molar-refractivity contribution in [3.63, 3.8) is 0 Å². The van der Waals surface area contributed by atoms with Crippen LogP contribution in [0.1, 0.15) is 18.4 Å². The Morgan fingerprint density at radius 2 is 1.75 bits per heavy atom. The summed E-state index contributed by atoms with van der Waals surface area (Å²) >= 11 is 0. The maximum Gasteiger partial charge on any atom is 0.321 e. The lowest BCUT2D eigenvalue weighted by molar-refractivity contribution is -0.118. The average Bonchev–Trinajstić information content (AvgIpc) is 3.47. The number of imide groups is 1. The molecule has 3 rings (SSSR count). The first-order chi connectivity index (χ1) is 13.5. The lowest BCUT2D eigenvalue weighted by atomic mass is 10.1. The van der Waals surface area contributed by atoms with E-state index in [0.29, 0.717) is 5.69 Å². The number of hydrogen-bond donors (Lipinski definition) is 4. The van der Waals surface area contributed by atoms with Crippen LogP contribution in [0, 0.1) is 5.82 Å². The van der Waals surface area contributed by atoms with Crippen LogP contribution in [0.15, 0.2) is 48.5 Å². The van der Waals surface area contributed by atoms with E-state index in [9.17, 15) is 18.8 Å². The molecule has 7 nitrogen and oxygen atoms in total. The van der Waals surface area contributed by atoms with Gasteiger partial charge in [0.25, 0.3) is 0 Å². The van der Waals surface area contributed by atoms with Gasteiger partial charge in [-0.2, -0.15) is 0 Å². The minimum absolute atomic E-state index is 0.0119. The molecule has 0 spiro atoms. The second-order valence-corrected chi connectivity index (χ2v) is 6.55. The van der Waals surface area contributed by atoms with E-state index >= 15 is 0 Å². The van der Waals surface area contributed by atoms with Crippen molar-refractivity contribution in [1.82, 2.24) is 10.6 Å². The number of urea groups is 1. The van der Waals surface area contributed by atoms with E-state index in [1.807, 2.05) is 30.3 Å². The minimum atomic E-state index is -0.583. The van der Waals surface area contributed by atoms with Crippen LogP contribution in [0.4, 0.5) is 20.6 Å². The van der Waals surface area contributed by atoms with Crippen molar-refractivity contribution in [2.75, 3.05) is 17.2 Å². The molecule has 4 amide bonds. The van der Waals surface area contributed by atoms with Crippen molar-refractivity contribution in [3.8, 4) is 0 Å². The highest BCUT2D eigenvalue weighted by atomic mass is 19.1. The maximum absolute atomic E-state index is 14.0. The summed E-state index contributed by atoms with van der Waals surface area (Å²) in [6, 6.07) is 12.8. The monoisotopic (exact) mass is 384 g/mol. The molecule has 0 atom stereocenters. The van der Waals surface area contributed by atoms with Crippen molar-refractivity contribution in [3.05, 3.63) is 59.9 Å². The zero-order valence-corrected chi connectivity index (χ0v) is 15.1. The highest BCUT2D eigenvalue weighted by Gasteiger charge is 2.23. The van der Waals surface area contributed by atoms with Crippen LogP contribution >= 0.6 is 0 Å². The van der Waals surface area contributed by atoms with E-state index in [2.05, 4.69) is 21.3 Å². The molecular formula is C20H21FN4O3. The lowest BCUT2D eigenvalue weighted by Crippen LogP contribution is -2.42. The fourth-order valence-electron chi connectivity index (χ4n) is 2.51. The van der Waals surface area contributed by atoms with Gasteiger partial charge < -0.3 is 16.0 Å². The molecule has 8 heteroatoms. The van der Waals surface area contributed by atoms with Crippen molar-refractivity contribution in [2.45, 2.75) is 25.3 Å². The highest BCUT2D eigenvalue weighted by Crippen LogP contribution is 2.20. The summed E-state index contributed by atoms with van der Waals surface area (Å²) in [5.74, 6) is -1.45. The van der Waals surface area contributed by atoms with Crippen LogP contribution in [0.2, 0.25) is 0 Å². The third-order valence-corrected chi connectivity index (χ3v) is 4.07. The number of carbonyl (C=O) groups excluding carboxylic acids is 3. The molecule has 0 radical (unpaired) electrons. The van der Waals surface area contributed by atoms with E-state index in [1.165, 1.54) is 18.2 Å². The SMILES string of the molecule is O=C(CNc1ccc(F)c(NC(=O)Cc2ccccc2)c1)NC(=O)NC1CC1. The van der Waals surface area contributed by atoms with E-state index in [-0.39, 0.29) is 30.6 Å². The van der Waals surface area contributed by atoms with E-state index in [0.717, 1.165) is 18.4 Å².